The molecule has 0 amide bonds. The van der Waals surface area contributed by atoms with E-state index in [9.17, 15) is 43.2 Å². The van der Waals surface area contributed by atoms with Crippen LogP contribution in [0.1, 0.15) is 395 Å². The SMILES string of the molecule is CCCCCCCCCCCCCCCCCCCCCCCC(=O)O[C@H](COC(=O)CCCCCCCCCCCCCCCCC(C)C)COP(=O)(O)OC[C@@H](O)COP(=O)(O)OC[C@@H](COC(=O)CCCCCCCCC)OC(=O)CCCCCCCCC(C)CC. The van der Waals surface area contributed by atoms with Crippen molar-refractivity contribution in [1.82, 2.24) is 0 Å². The number of ether oxygens (including phenoxy) is 4. The maximum Gasteiger partial charge on any atom is 0.472 e. The van der Waals surface area contributed by atoms with E-state index in [1.807, 2.05) is 0 Å². The molecule has 0 aromatic carbocycles. The third kappa shape index (κ3) is 69.0. The molecule has 0 aromatic heterocycles. The molecule has 0 aliphatic heterocycles. The second-order valence-corrected chi connectivity index (χ2v) is 31.0. The molecule has 0 saturated carbocycles. The Morgan fingerprint density at radius 3 is 0.800 bits per heavy atom. The van der Waals surface area contributed by atoms with E-state index in [1.165, 1.54) is 199 Å². The van der Waals surface area contributed by atoms with Crippen molar-refractivity contribution in [2.45, 2.75) is 413 Å². The maximum absolute atomic E-state index is 13.1. The number of phosphoric ester groups is 2. The molecule has 0 aliphatic carbocycles. The van der Waals surface area contributed by atoms with E-state index in [0.717, 1.165) is 115 Å². The lowest BCUT2D eigenvalue weighted by Crippen LogP contribution is -2.30. The van der Waals surface area contributed by atoms with Crippen LogP contribution in [0.4, 0.5) is 0 Å². The number of unbranched alkanes of at least 4 members (excludes halogenated alkanes) is 44. The Hall–Kier alpha value is -1.94. The van der Waals surface area contributed by atoms with Crippen LogP contribution in [0.25, 0.3) is 0 Å². The fourth-order valence-corrected chi connectivity index (χ4v) is 13.2. The van der Waals surface area contributed by atoms with Crippen molar-refractivity contribution >= 4 is 39.5 Å². The van der Waals surface area contributed by atoms with Crippen LogP contribution >= 0.6 is 15.6 Å². The predicted octanol–water partition coefficient (Wildman–Crippen LogP) is 22.3. The molecule has 0 radical (unpaired) electrons. The van der Waals surface area contributed by atoms with E-state index < -0.39 is 97.5 Å². The van der Waals surface area contributed by atoms with Gasteiger partial charge in [-0.1, -0.05) is 343 Å². The van der Waals surface area contributed by atoms with Gasteiger partial charge in [0.1, 0.15) is 19.3 Å². The number of rotatable bonds is 75. The summed E-state index contributed by atoms with van der Waals surface area (Å²) in [6, 6.07) is 0. The zero-order chi connectivity index (χ0) is 70.0. The van der Waals surface area contributed by atoms with Crippen LogP contribution in [0.5, 0.6) is 0 Å². The summed E-state index contributed by atoms with van der Waals surface area (Å²) >= 11 is 0. The lowest BCUT2D eigenvalue weighted by molar-refractivity contribution is -0.161. The first-order valence-electron chi connectivity index (χ1n) is 39.5. The Kier molecular flexibility index (Phi) is 66.5. The Morgan fingerprint density at radius 1 is 0.305 bits per heavy atom. The van der Waals surface area contributed by atoms with Gasteiger partial charge in [-0.2, -0.15) is 0 Å². The summed E-state index contributed by atoms with van der Waals surface area (Å²) in [5.74, 6) is -0.605. The fourth-order valence-electron chi connectivity index (χ4n) is 11.6. The number of hydrogen-bond acceptors (Lipinski definition) is 15. The van der Waals surface area contributed by atoms with Gasteiger partial charge in [-0.3, -0.25) is 37.3 Å². The van der Waals surface area contributed by atoms with Crippen LogP contribution in [0, 0.1) is 11.8 Å². The number of hydrogen-bond donors (Lipinski definition) is 3. The summed E-state index contributed by atoms with van der Waals surface area (Å²) in [6.45, 7) is 9.52. The smallest absolute Gasteiger partial charge is 0.462 e. The highest BCUT2D eigenvalue weighted by Crippen LogP contribution is 2.45. The summed E-state index contributed by atoms with van der Waals surface area (Å²) in [5.41, 5.74) is 0. The molecule has 17 nitrogen and oxygen atoms in total. The van der Waals surface area contributed by atoms with Gasteiger partial charge in [-0.25, -0.2) is 9.13 Å². The molecule has 6 atom stereocenters. The minimum Gasteiger partial charge on any atom is -0.462 e. The number of carbonyl (C=O) groups is 4. The first-order valence-corrected chi connectivity index (χ1v) is 42.5. The molecule has 0 aromatic rings. The van der Waals surface area contributed by atoms with E-state index >= 15 is 0 Å². The van der Waals surface area contributed by atoms with Gasteiger partial charge in [-0.05, 0) is 37.5 Å². The lowest BCUT2D eigenvalue weighted by Gasteiger charge is -2.21. The van der Waals surface area contributed by atoms with Crippen LogP contribution in [0.2, 0.25) is 0 Å². The minimum absolute atomic E-state index is 0.103. The van der Waals surface area contributed by atoms with Crippen molar-refractivity contribution in [2.75, 3.05) is 39.6 Å². The molecule has 0 fully saturated rings. The van der Waals surface area contributed by atoms with Gasteiger partial charge in [0, 0.05) is 25.7 Å². The van der Waals surface area contributed by atoms with Crippen LogP contribution in [-0.2, 0) is 65.4 Å². The second-order valence-electron chi connectivity index (χ2n) is 28.1. The summed E-state index contributed by atoms with van der Waals surface area (Å²) in [4.78, 5) is 72.6. The molecule has 0 rings (SSSR count). The fraction of sp³-hybridized carbons (Fsp3) is 0.947. The first-order chi connectivity index (χ1) is 45.9. The molecule has 0 heterocycles. The highest BCUT2D eigenvalue weighted by Gasteiger charge is 2.30. The van der Waals surface area contributed by atoms with Gasteiger partial charge < -0.3 is 33.8 Å². The van der Waals surface area contributed by atoms with E-state index in [4.69, 9.17) is 37.0 Å². The summed E-state index contributed by atoms with van der Waals surface area (Å²) in [7, 11) is -9.90. The van der Waals surface area contributed by atoms with E-state index in [-0.39, 0.29) is 25.7 Å². The molecule has 0 bridgehead atoms. The third-order valence-corrected chi connectivity index (χ3v) is 20.0. The topological polar surface area (TPSA) is 237 Å². The van der Waals surface area contributed by atoms with E-state index in [1.54, 1.807) is 0 Å². The molecule has 3 unspecified atom stereocenters. The van der Waals surface area contributed by atoms with Gasteiger partial charge in [0.05, 0.1) is 26.4 Å². The van der Waals surface area contributed by atoms with Gasteiger partial charge >= 0.3 is 39.5 Å². The van der Waals surface area contributed by atoms with Crippen LogP contribution in [0.3, 0.4) is 0 Å². The van der Waals surface area contributed by atoms with Gasteiger partial charge in [0.2, 0.25) is 0 Å². The largest absolute Gasteiger partial charge is 0.472 e. The first kappa shape index (κ1) is 93.1. The van der Waals surface area contributed by atoms with Crippen LogP contribution in [0.15, 0.2) is 0 Å². The van der Waals surface area contributed by atoms with Gasteiger partial charge in [-0.15, -0.1) is 0 Å². The third-order valence-electron chi connectivity index (χ3n) is 18.1. The Balaban J connectivity index is 5.16. The lowest BCUT2D eigenvalue weighted by atomic mass is 10.00. The number of aliphatic hydroxyl groups is 1. The molecule has 0 saturated heterocycles. The second kappa shape index (κ2) is 67.9. The molecular formula is C76H148O17P2. The average Bonchev–Trinajstić information content (AvgIpc) is 1.47. The maximum atomic E-state index is 13.1. The number of carbonyl (C=O) groups excluding carboxylic acids is 4. The molecule has 0 spiro atoms. The molecule has 564 valence electrons. The van der Waals surface area contributed by atoms with Crippen molar-refractivity contribution in [3.8, 4) is 0 Å². The molecule has 0 aliphatic rings. The number of phosphoric acid groups is 2. The quantitative estimate of drug-likeness (QED) is 0.0222. The summed E-state index contributed by atoms with van der Waals surface area (Å²) < 4.78 is 68.4. The van der Waals surface area contributed by atoms with Crippen molar-refractivity contribution in [2.24, 2.45) is 11.8 Å². The minimum atomic E-state index is -4.96. The molecule has 3 N–H and O–H groups in total. The number of aliphatic hydroxyl groups excluding tert-OH is 1. The van der Waals surface area contributed by atoms with Crippen molar-refractivity contribution < 1.29 is 80.2 Å². The van der Waals surface area contributed by atoms with E-state index in [2.05, 4.69) is 41.5 Å². The standard InChI is InChI=1S/C76H148O17P2/c1-7-10-12-14-16-17-18-19-20-21-22-23-24-25-26-31-34-37-41-48-54-60-75(80)92-71(65-87-74(79)59-53-47-40-36-33-30-28-27-29-32-35-39-44-50-56-68(4)5)66-90-94(82,83)88-62-70(77)63-89-95(84,85)91-67-72(64-86-73(78)58-52-46-38-15-13-11-8-2)93-76(81)61-55-49-43-42-45-51-57-69(6)9-3/h68-72,77H,7-67H2,1-6H3,(H,82,83)(H,84,85)/t69?,70-,71-,72-/m1/s1. The molecule has 95 heavy (non-hydrogen) atoms. The molecular weight excluding hydrogens is 1250 g/mol. The van der Waals surface area contributed by atoms with Crippen LogP contribution < -0.4 is 0 Å². The Bertz CT molecular complexity index is 1840. The predicted molar refractivity (Wildman–Crippen MR) is 386 cm³/mol. The molecule has 19 heteroatoms. The van der Waals surface area contributed by atoms with Crippen LogP contribution in [-0.4, -0.2) is 96.7 Å². The monoisotopic (exact) mass is 1400 g/mol. The van der Waals surface area contributed by atoms with Crippen molar-refractivity contribution in [3.05, 3.63) is 0 Å². The highest BCUT2D eigenvalue weighted by molar-refractivity contribution is 7.47. The van der Waals surface area contributed by atoms with E-state index in [0.29, 0.717) is 25.7 Å². The Labute approximate surface area is 581 Å². The zero-order valence-corrected chi connectivity index (χ0v) is 63.8. The zero-order valence-electron chi connectivity index (χ0n) is 62.0. The number of esters is 4. The van der Waals surface area contributed by atoms with Gasteiger partial charge in [0.25, 0.3) is 0 Å². The average molecular weight is 1400 g/mol. The van der Waals surface area contributed by atoms with Crippen molar-refractivity contribution in [3.63, 3.8) is 0 Å². The normalized spacial score (nSPS) is 14.3. The van der Waals surface area contributed by atoms with Crippen molar-refractivity contribution in [1.29, 1.82) is 0 Å². The summed E-state index contributed by atoms with van der Waals surface area (Å²) in [6.07, 6.45) is 55.9. The van der Waals surface area contributed by atoms with Gasteiger partial charge in [0.15, 0.2) is 12.2 Å². The highest BCUT2D eigenvalue weighted by atomic mass is 31.2. The summed E-state index contributed by atoms with van der Waals surface area (Å²) in [5, 5.41) is 10.6. The Morgan fingerprint density at radius 2 is 0.537 bits per heavy atom.